The van der Waals surface area contributed by atoms with Gasteiger partial charge in [-0.3, -0.25) is 0 Å². The fourth-order valence-corrected chi connectivity index (χ4v) is 2.79. The summed E-state index contributed by atoms with van der Waals surface area (Å²) in [6.07, 6.45) is 0.909. The maximum Gasteiger partial charge on any atom is 0.188 e. The van der Waals surface area contributed by atoms with E-state index in [9.17, 15) is 0 Å². The fraction of sp³-hybridized carbons (Fsp3) is 0.500. The van der Waals surface area contributed by atoms with Crippen LogP contribution < -0.4 is 10.5 Å². The van der Waals surface area contributed by atoms with Gasteiger partial charge in [-0.2, -0.15) is 0 Å². The third-order valence-electron chi connectivity index (χ3n) is 1.42. The van der Waals surface area contributed by atoms with Crippen molar-refractivity contribution in [3.05, 3.63) is 15.4 Å². The van der Waals surface area contributed by atoms with E-state index in [1.807, 2.05) is 6.92 Å². The fourth-order valence-electron chi connectivity index (χ4n) is 0.955. The maximum absolute atomic E-state index is 5.68. The molecule has 68 valence electrons. The Morgan fingerprint density at radius 1 is 1.75 bits per heavy atom. The molecule has 4 heteroatoms. The third-order valence-corrected chi connectivity index (χ3v) is 3.39. The third kappa shape index (κ3) is 2.47. The van der Waals surface area contributed by atoms with Crippen molar-refractivity contribution in [1.29, 1.82) is 0 Å². The number of hydrogen-bond acceptors (Lipinski definition) is 3. The van der Waals surface area contributed by atoms with E-state index in [1.54, 1.807) is 18.4 Å². The van der Waals surface area contributed by atoms with E-state index in [0.29, 0.717) is 0 Å². The van der Waals surface area contributed by atoms with Crippen molar-refractivity contribution in [2.24, 2.45) is 5.73 Å². The zero-order valence-corrected chi connectivity index (χ0v) is 9.54. The second-order valence-corrected chi connectivity index (χ2v) is 4.69. The molecule has 1 rings (SSSR count). The summed E-state index contributed by atoms with van der Waals surface area (Å²) in [6, 6.07) is 2.27. The van der Waals surface area contributed by atoms with Crippen molar-refractivity contribution in [2.45, 2.75) is 19.4 Å². The Bertz CT molecular complexity index is 260. The van der Waals surface area contributed by atoms with Gasteiger partial charge in [0.1, 0.15) is 0 Å². The van der Waals surface area contributed by atoms with Crippen LogP contribution in [0, 0.1) is 0 Å². The molecule has 0 bridgehead atoms. The molecular weight excluding hydrogens is 238 g/mol. The molecule has 2 nitrogen and oxygen atoms in total. The smallest absolute Gasteiger partial charge is 0.188 e. The lowest BCUT2D eigenvalue weighted by Gasteiger charge is -1.99. The summed E-state index contributed by atoms with van der Waals surface area (Å²) in [5, 5.41) is 0.922. The average Bonchev–Trinajstić information content (AvgIpc) is 2.29. The van der Waals surface area contributed by atoms with Crippen molar-refractivity contribution in [3.63, 3.8) is 0 Å². The number of rotatable bonds is 3. The summed E-state index contributed by atoms with van der Waals surface area (Å²) < 4.78 is 6.16. The molecule has 12 heavy (non-hydrogen) atoms. The van der Waals surface area contributed by atoms with Crippen LogP contribution in [0.3, 0.4) is 0 Å². The molecule has 1 atom stereocenters. The van der Waals surface area contributed by atoms with Crippen LogP contribution in [0.4, 0.5) is 0 Å². The predicted molar refractivity (Wildman–Crippen MR) is 55.9 cm³/mol. The van der Waals surface area contributed by atoms with Gasteiger partial charge in [-0.15, -0.1) is 11.3 Å². The number of ether oxygens (including phenoxy) is 1. The van der Waals surface area contributed by atoms with Crippen LogP contribution in [0.1, 0.15) is 11.8 Å². The summed E-state index contributed by atoms with van der Waals surface area (Å²) in [4.78, 5) is 1.26. The van der Waals surface area contributed by atoms with Crippen molar-refractivity contribution in [1.82, 2.24) is 0 Å². The van der Waals surface area contributed by atoms with Crippen LogP contribution in [-0.4, -0.2) is 13.2 Å². The summed E-state index contributed by atoms with van der Waals surface area (Å²) in [7, 11) is 1.67. The van der Waals surface area contributed by atoms with Crippen LogP contribution in [0.2, 0.25) is 0 Å². The van der Waals surface area contributed by atoms with Crippen LogP contribution in [0.25, 0.3) is 0 Å². The van der Waals surface area contributed by atoms with Crippen LogP contribution in [-0.2, 0) is 6.42 Å². The largest absolute Gasteiger partial charge is 0.486 e. The van der Waals surface area contributed by atoms with E-state index in [0.717, 1.165) is 16.0 Å². The topological polar surface area (TPSA) is 35.2 Å². The number of methoxy groups -OCH3 is 1. The molecule has 0 unspecified atom stereocenters. The molecule has 1 heterocycles. The minimum Gasteiger partial charge on any atom is -0.486 e. The van der Waals surface area contributed by atoms with Gasteiger partial charge in [-0.25, -0.2) is 0 Å². The molecule has 2 N–H and O–H groups in total. The quantitative estimate of drug-likeness (QED) is 0.894. The van der Waals surface area contributed by atoms with Gasteiger partial charge < -0.3 is 10.5 Å². The zero-order valence-electron chi connectivity index (χ0n) is 7.13. The predicted octanol–water partition coefficient (Wildman–Crippen LogP) is 2.41. The van der Waals surface area contributed by atoms with Crippen molar-refractivity contribution >= 4 is 27.3 Å². The molecule has 1 aromatic heterocycles. The average molecular weight is 250 g/mol. The highest BCUT2D eigenvalue weighted by Crippen LogP contribution is 2.34. The van der Waals surface area contributed by atoms with E-state index in [2.05, 4.69) is 22.0 Å². The second kappa shape index (κ2) is 4.25. The Morgan fingerprint density at radius 3 is 2.83 bits per heavy atom. The van der Waals surface area contributed by atoms with E-state index in [-0.39, 0.29) is 6.04 Å². The van der Waals surface area contributed by atoms with Crippen molar-refractivity contribution < 1.29 is 4.74 Å². The molecule has 0 spiro atoms. The van der Waals surface area contributed by atoms with Gasteiger partial charge in [0.2, 0.25) is 0 Å². The first-order valence-corrected chi connectivity index (χ1v) is 5.32. The van der Waals surface area contributed by atoms with E-state index >= 15 is 0 Å². The highest BCUT2D eigenvalue weighted by atomic mass is 79.9. The number of halogens is 1. The molecule has 0 saturated carbocycles. The van der Waals surface area contributed by atoms with E-state index in [4.69, 9.17) is 10.5 Å². The van der Waals surface area contributed by atoms with Crippen LogP contribution in [0.5, 0.6) is 5.06 Å². The standard InChI is InChI=1S/C8H12BrNOS/c1-5(10)3-6-4-7(9)8(11-2)12-6/h4-5H,3,10H2,1-2H3/t5-/m1/s1. The highest BCUT2D eigenvalue weighted by molar-refractivity contribution is 9.10. The zero-order chi connectivity index (χ0) is 9.14. The minimum absolute atomic E-state index is 0.209. The van der Waals surface area contributed by atoms with Gasteiger partial charge in [0.05, 0.1) is 11.6 Å². The normalized spacial score (nSPS) is 13.0. The molecule has 0 aliphatic carbocycles. The maximum atomic E-state index is 5.68. The van der Waals surface area contributed by atoms with Gasteiger partial charge in [-0.05, 0) is 35.3 Å². The molecular formula is C8H12BrNOS. The molecule has 0 amide bonds. The van der Waals surface area contributed by atoms with Gasteiger partial charge >= 0.3 is 0 Å². The van der Waals surface area contributed by atoms with Gasteiger partial charge in [0.15, 0.2) is 5.06 Å². The van der Waals surface area contributed by atoms with Crippen molar-refractivity contribution in [2.75, 3.05) is 7.11 Å². The lowest BCUT2D eigenvalue weighted by atomic mass is 10.2. The summed E-state index contributed by atoms with van der Waals surface area (Å²) in [5.41, 5.74) is 5.68. The Hall–Kier alpha value is -0.0600. The molecule has 0 aliphatic rings. The van der Waals surface area contributed by atoms with E-state index < -0.39 is 0 Å². The van der Waals surface area contributed by atoms with Gasteiger partial charge in [0, 0.05) is 10.9 Å². The molecule has 0 aliphatic heterocycles. The minimum atomic E-state index is 0.209. The number of thiophene rings is 1. The molecule has 0 aromatic carbocycles. The Morgan fingerprint density at radius 2 is 2.42 bits per heavy atom. The second-order valence-electron chi connectivity index (χ2n) is 2.73. The van der Waals surface area contributed by atoms with E-state index in [1.165, 1.54) is 4.88 Å². The number of hydrogen-bond donors (Lipinski definition) is 1. The van der Waals surface area contributed by atoms with Crippen LogP contribution in [0.15, 0.2) is 10.5 Å². The summed E-state index contributed by atoms with van der Waals surface area (Å²) in [6.45, 7) is 2.00. The van der Waals surface area contributed by atoms with Gasteiger partial charge in [0.25, 0.3) is 0 Å². The first kappa shape index (κ1) is 10.0. The van der Waals surface area contributed by atoms with Crippen molar-refractivity contribution in [3.8, 4) is 5.06 Å². The lowest BCUT2D eigenvalue weighted by Crippen LogP contribution is -2.16. The van der Waals surface area contributed by atoms with Gasteiger partial charge in [-0.1, -0.05) is 0 Å². The summed E-state index contributed by atoms with van der Waals surface area (Å²) >= 11 is 5.05. The first-order chi connectivity index (χ1) is 5.63. The van der Waals surface area contributed by atoms with Crippen LogP contribution >= 0.6 is 27.3 Å². The molecule has 0 radical (unpaired) electrons. The highest BCUT2D eigenvalue weighted by Gasteiger charge is 2.07. The Kier molecular flexibility index (Phi) is 3.55. The Balaban J connectivity index is 2.75. The molecule has 0 saturated heterocycles. The summed E-state index contributed by atoms with van der Waals surface area (Å²) in [5.74, 6) is 0. The molecule has 1 aromatic rings. The Labute approximate surface area is 84.9 Å². The lowest BCUT2D eigenvalue weighted by molar-refractivity contribution is 0.425. The SMILES string of the molecule is COc1sc(C[C@@H](C)N)cc1Br. The molecule has 0 fully saturated rings. The monoisotopic (exact) mass is 249 g/mol. The number of nitrogens with two attached hydrogens (primary N) is 1. The first-order valence-electron chi connectivity index (χ1n) is 3.71.